The number of hydrogen-bond acceptors (Lipinski definition) is 2. The molecule has 0 aromatic rings. The summed E-state index contributed by atoms with van der Waals surface area (Å²) in [5.41, 5.74) is 0.611. The van der Waals surface area contributed by atoms with Crippen molar-refractivity contribution >= 4 is 0 Å². The van der Waals surface area contributed by atoms with Gasteiger partial charge in [0.1, 0.15) is 0 Å². The molecule has 2 saturated carbocycles. The highest BCUT2D eigenvalue weighted by Crippen LogP contribution is 2.50. The van der Waals surface area contributed by atoms with Crippen molar-refractivity contribution in [2.75, 3.05) is 19.8 Å². The van der Waals surface area contributed by atoms with Gasteiger partial charge >= 0.3 is 0 Å². The first kappa shape index (κ1) is 9.17. The van der Waals surface area contributed by atoms with Gasteiger partial charge in [-0.05, 0) is 42.6 Å². The Kier molecular flexibility index (Phi) is 1.94. The van der Waals surface area contributed by atoms with Crippen molar-refractivity contribution in [3.8, 4) is 0 Å². The zero-order valence-corrected chi connectivity index (χ0v) is 9.25. The van der Waals surface area contributed by atoms with E-state index in [1.807, 2.05) is 0 Å². The van der Waals surface area contributed by atoms with Crippen molar-refractivity contribution in [3.05, 3.63) is 0 Å². The molecule has 1 heterocycles. The standard InChI is InChI=1S/C12H21NO/c1-12(2)3-8(4-12)13-5-9-10-6-14-7-11(9)10/h8-11,13H,3-7H2,1-2H3. The number of ether oxygens (including phenoxy) is 1. The summed E-state index contributed by atoms with van der Waals surface area (Å²) in [5, 5.41) is 3.71. The maximum absolute atomic E-state index is 5.39. The highest BCUT2D eigenvalue weighted by atomic mass is 16.5. The minimum Gasteiger partial charge on any atom is -0.381 e. The Bertz CT molecular complexity index is 220. The van der Waals surface area contributed by atoms with E-state index in [2.05, 4.69) is 19.2 Å². The van der Waals surface area contributed by atoms with E-state index < -0.39 is 0 Å². The van der Waals surface area contributed by atoms with Crippen LogP contribution in [0, 0.1) is 23.2 Å². The molecule has 80 valence electrons. The van der Waals surface area contributed by atoms with Gasteiger partial charge in [0.15, 0.2) is 0 Å². The van der Waals surface area contributed by atoms with Crippen LogP contribution in [0.25, 0.3) is 0 Å². The maximum atomic E-state index is 5.39. The van der Waals surface area contributed by atoms with Gasteiger partial charge in [-0.3, -0.25) is 0 Å². The lowest BCUT2D eigenvalue weighted by Gasteiger charge is -2.43. The fourth-order valence-electron chi connectivity index (χ4n) is 3.38. The lowest BCUT2D eigenvalue weighted by atomic mass is 9.68. The highest BCUT2D eigenvalue weighted by Gasteiger charge is 2.53. The second kappa shape index (κ2) is 2.96. The van der Waals surface area contributed by atoms with Crippen molar-refractivity contribution in [1.82, 2.24) is 5.32 Å². The lowest BCUT2D eigenvalue weighted by Crippen LogP contribution is -2.46. The Balaban J connectivity index is 1.37. The SMILES string of the molecule is CC1(C)CC(NCC2C3COCC23)C1. The van der Waals surface area contributed by atoms with Crippen molar-refractivity contribution in [1.29, 1.82) is 0 Å². The van der Waals surface area contributed by atoms with Crippen LogP contribution in [-0.4, -0.2) is 25.8 Å². The van der Waals surface area contributed by atoms with Gasteiger partial charge in [0.05, 0.1) is 13.2 Å². The first-order valence-corrected chi connectivity index (χ1v) is 5.97. The number of fused-ring (bicyclic) bond motifs is 1. The molecule has 1 saturated heterocycles. The normalized spacial score (nSPS) is 44.6. The van der Waals surface area contributed by atoms with E-state index in [1.165, 1.54) is 19.4 Å². The zero-order chi connectivity index (χ0) is 9.76. The molecule has 14 heavy (non-hydrogen) atoms. The summed E-state index contributed by atoms with van der Waals surface area (Å²) in [6.07, 6.45) is 2.73. The smallest absolute Gasteiger partial charge is 0.0501 e. The molecule has 0 aromatic heterocycles. The molecule has 2 heteroatoms. The summed E-state index contributed by atoms with van der Waals surface area (Å²) in [6.45, 7) is 8.05. The quantitative estimate of drug-likeness (QED) is 0.739. The summed E-state index contributed by atoms with van der Waals surface area (Å²) in [6, 6.07) is 0.812. The van der Waals surface area contributed by atoms with E-state index in [9.17, 15) is 0 Å². The van der Waals surface area contributed by atoms with Gasteiger partial charge in [-0.1, -0.05) is 13.8 Å². The van der Waals surface area contributed by atoms with Crippen LogP contribution in [0.2, 0.25) is 0 Å². The van der Waals surface area contributed by atoms with Crippen LogP contribution in [-0.2, 0) is 4.74 Å². The minimum atomic E-state index is 0.611. The van der Waals surface area contributed by atoms with Crippen LogP contribution in [0.5, 0.6) is 0 Å². The Hall–Kier alpha value is -0.0800. The van der Waals surface area contributed by atoms with E-state index in [-0.39, 0.29) is 0 Å². The van der Waals surface area contributed by atoms with Crippen LogP contribution in [0.15, 0.2) is 0 Å². The van der Waals surface area contributed by atoms with Crippen molar-refractivity contribution in [2.24, 2.45) is 23.2 Å². The maximum Gasteiger partial charge on any atom is 0.0501 e. The summed E-state index contributed by atoms with van der Waals surface area (Å²) in [5.74, 6) is 2.78. The van der Waals surface area contributed by atoms with Gasteiger partial charge in [-0.25, -0.2) is 0 Å². The van der Waals surface area contributed by atoms with Crippen molar-refractivity contribution < 1.29 is 4.74 Å². The van der Waals surface area contributed by atoms with Crippen LogP contribution in [0.1, 0.15) is 26.7 Å². The van der Waals surface area contributed by atoms with Gasteiger partial charge < -0.3 is 10.1 Å². The summed E-state index contributed by atoms with van der Waals surface area (Å²) >= 11 is 0. The van der Waals surface area contributed by atoms with Gasteiger partial charge in [0.2, 0.25) is 0 Å². The molecule has 2 atom stereocenters. The molecule has 3 fully saturated rings. The molecule has 1 N–H and O–H groups in total. The van der Waals surface area contributed by atoms with Gasteiger partial charge in [-0.15, -0.1) is 0 Å². The molecule has 0 spiro atoms. The fraction of sp³-hybridized carbons (Fsp3) is 1.00. The van der Waals surface area contributed by atoms with Gasteiger partial charge in [0.25, 0.3) is 0 Å². The molecule has 0 bridgehead atoms. The van der Waals surface area contributed by atoms with E-state index in [1.54, 1.807) is 0 Å². The molecule has 3 aliphatic rings. The number of nitrogens with one attached hydrogen (secondary N) is 1. The molecular weight excluding hydrogens is 174 g/mol. The summed E-state index contributed by atoms with van der Waals surface area (Å²) in [7, 11) is 0. The van der Waals surface area contributed by atoms with Gasteiger partial charge in [-0.2, -0.15) is 0 Å². The third-order valence-corrected chi connectivity index (χ3v) is 4.37. The number of hydrogen-bond donors (Lipinski definition) is 1. The van der Waals surface area contributed by atoms with E-state index in [4.69, 9.17) is 4.74 Å². The van der Waals surface area contributed by atoms with E-state index in [0.717, 1.165) is 37.0 Å². The topological polar surface area (TPSA) is 21.3 Å². The molecule has 1 aliphatic heterocycles. The van der Waals surface area contributed by atoms with E-state index in [0.29, 0.717) is 5.41 Å². The minimum absolute atomic E-state index is 0.611. The summed E-state index contributed by atoms with van der Waals surface area (Å²) in [4.78, 5) is 0. The average molecular weight is 195 g/mol. The van der Waals surface area contributed by atoms with Crippen LogP contribution in [0.3, 0.4) is 0 Å². The molecule has 2 unspecified atom stereocenters. The second-order valence-corrected chi connectivity index (χ2v) is 6.21. The largest absolute Gasteiger partial charge is 0.381 e. The first-order valence-electron chi connectivity index (χ1n) is 5.97. The predicted octanol–water partition coefficient (Wildman–Crippen LogP) is 1.66. The molecular formula is C12H21NO. The average Bonchev–Trinajstić information content (AvgIpc) is 2.55. The highest BCUT2D eigenvalue weighted by molar-refractivity contribution is 5.02. The Morgan fingerprint density at radius 2 is 1.86 bits per heavy atom. The zero-order valence-electron chi connectivity index (χ0n) is 9.25. The number of rotatable bonds is 3. The molecule has 0 amide bonds. The molecule has 2 nitrogen and oxygen atoms in total. The summed E-state index contributed by atoms with van der Waals surface area (Å²) < 4.78 is 5.39. The molecule has 0 radical (unpaired) electrons. The van der Waals surface area contributed by atoms with Crippen molar-refractivity contribution in [2.45, 2.75) is 32.7 Å². The van der Waals surface area contributed by atoms with Crippen LogP contribution in [0.4, 0.5) is 0 Å². The third kappa shape index (κ3) is 1.49. The first-order chi connectivity index (χ1) is 6.66. The third-order valence-electron chi connectivity index (χ3n) is 4.37. The van der Waals surface area contributed by atoms with E-state index >= 15 is 0 Å². The monoisotopic (exact) mass is 195 g/mol. The van der Waals surface area contributed by atoms with Gasteiger partial charge in [0, 0.05) is 6.04 Å². The molecule has 2 aliphatic carbocycles. The lowest BCUT2D eigenvalue weighted by molar-refractivity contribution is 0.117. The fourth-order valence-corrected chi connectivity index (χ4v) is 3.38. The van der Waals surface area contributed by atoms with Crippen LogP contribution >= 0.6 is 0 Å². The molecule has 3 rings (SSSR count). The van der Waals surface area contributed by atoms with Crippen molar-refractivity contribution in [3.63, 3.8) is 0 Å². The Labute approximate surface area is 86.4 Å². The predicted molar refractivity (Wildman–Crippen MR) is 56.1 cm³/mol. The Morgan fingerprint density at radius 1 is 1.21 bits per heavy atom. The molecule has 0 aromatic carbocycles. The van der Waals surface area contributed by atoms with Crippen LogP contribution < -0.4 is 5.32 Å². The second-order valence-electron chi connectivity index (χ2n) is 6.21. The Morgan fingerprint density at radius 3 is 2.43 bits per heavy atom.